The quantitative estimate of drug-likeness (QED) is 0.449. The van der Waals surface area contributed by atoms with Gasteiger partial charge in [0, 0.05) is 57.6 Å². The lowest BCUT2D eigenvalue weighted by molar-refractivity contribution is 0.0928. The Hall–Kier alpha value is -2.58. The lowest BCUT2D eigenvalue weighted by Gasteiger charge is -2.38. The molecule has 10 heteroatoms. The maximum atomic E-state index is 13.4. The van der Waals surface area contributed by atoms with Crippen molar-refractivity contribution in [3.8, 4) is 6.07 Å². The molecule has 214 valence electrons. The number of hydrogen-bond acceptors (Lipinski definition) is 8. The number of likely N-dealkylation sites (tertiary alicyclic amines) is 1. The van der Waals surface area contributed by atoms with Crippen LogP contribution in [0, 0.1) is 17.2 Å². The van der Waals surface area contributed by atoms with Gasteiger partial charge in [-0.1, -0.05) is 31.4 Å². The van der Waals surface area contributed by atoms with E-state index in [2.05, 4.69) is 65.2 Å². The first kappa shape index (κ1) is 28.9. The molecule has 0 radical (unpaired) electrons. The maximum absolute atomic E-state index is 13.4. The second kappa shape index (κ2) is 13.9. The summed E-state index contributed by atoms with van der Waals surface area (Å²) in [6.45, 7) is 9.03. The molecule has 1 saturated carbocycles. The number of benzene rings is 1. The number of piperidine rings is 1. The van der Waals surface area contributed by atoms with Gasteiger partial charge < -0.3 is 9.80 Å². The molecule has 1 aliphatic carbocycles. The second-order valence-electron chi connectivity index (χ2n) is 11.6. The highest BCUT2D eigenvalue weighted by Gasteiger charge is 2.27. The minimum absolute atomic E-state index is 0.0834. The van der Waals surface area contributed by atoms with Gasteiger partial charge in [-0.05, 0) is 78.8 Å². The van der Waals surface area contributed by atoms with Crippen molar-refractivity contribution in [1.29, 1.82) is 5.26 Å². The number of halogens is 1. The van der Waals surface area contributed by atoms with E-state index in [-0.39, 0.29) is 17.8 Å². The molecule has 0 bridgehead atoms. The average molecular weight is 610 g/mol. The molecule has 3 heterocycles. The Morgan fingerprint density at radius 3 is 2.48 bits per heavy atom. The highest BCUT2D eigenvalue weighted by Crippen LogP contribution is 2.29. The first-order chi connectivity index (χ1) is 19.5. The monoisotopic (exact) mass is 608 g/mol. The van der Waals surface area contributed by atoms with Crippen LogP contribution < -0.4 is 10.4 Å². The van der Waals surface area contributed by atoms with Crippen molar-refractivity contribution in [2.75, 3.05) is 57.9 Å². The molecule has 1 aromatic heterocycles. The zero-order valence-electron chi connectivity index (χ0n) is 23.6. The van der Waals surface area contributed by atoms with E-state index < -0.39 is 0 Å². The van der Waals surface area contributed by atoms with Gasteiger partial charge in [0.15, 0.2) is 5.82 Å². The molecule has 3 fully saturated rings. The summed E-state index contributed by atoms with van der Waals surface area (Å²) in [5.74, 6) is 1.24. The highest BCUT2D eigenvalue weighted by atomic mass is 79.9. The third-order valence-corrected chi connectivity index (χ3v) is 9.10. The average Bonchev–Trinajstić information content (AvgIpc) is 2.98. The Kier molecular flexibility index (Phi) is 10.0. The fraction of sp³-hybridized carbons (Fsp3) is 0.600. The summed E-state index contributed by atoms with van der Waals surface area (Å²) >= 11 is 3.52. The lowest BCUT2D eigenvalue weighted by atomic mass is 9.95. The Labute approximate surface area is 246 Å². The Morgan fingerprint density at radius 2 is 1.77 bits per heavy atom. The van der Waals surface area contributed by atoms with Gasteiger partial charge >= 0.3 is 0 Å². The van der Waals surface area contributed by atoms with E-state index >= 15 is 0 Å². The van der Waals surface area contributed by atoms with Gasteiger partial charge in [0.1, 0.15) is 6.07 Å². The summed E-state index contributed by atoms with van der Waals surface area (Å²) < 4.78 is 0.652. The smallest absolute Gasteiger partial charge is 0.269 e. The molecule has 1 N–H and O–H groups in total. The van der Waals surface area contributed by atoms with Crippen LogP contribution in [0.3, 0.4) is 0 Å². The maximum Gasteiger partial charge on any atom is 0.269 e. The number of piperazine rings is 1. The number of hydrogen-bond donors (Lipinski definition) is 1. The van der Waals surface area contributed by atoms with Crippen molar-refractivity contribution in [3.63, 3.8) is 0 Å². The number of amides is 1. The van der Waals surface area contributed by atoms with Gasteiger partial charge in [-0.15, -0.1) is 0 Å². The molecular formula is C30H41BrN8O. The number of aromatic nitrogens is 2. The minimum Gasteiger partial charge on any atom is -0.306 e. The zero-order chi connectivity index (χ0) is 27.9. The topological polar surface area (TPSA) is 91.6 Å². The molecule has 2 aromatic rings. The molecule has 3 aliphatic rings. The number of nitriles is 1. The van der Waals surface area contributed by atoms with E-state index in [0.29, 0.717) is 15.9 Å². The van der Waals surface area contributed by atoms with Crippen LogP contribution in [0.5, 0.6) is 0 Å². The predicted molar refractivity (Wildman–Crippen MR) is 160 cm³/mol. The third-order valence-electron chi connectivity index (χ3n) is 8.54. The van der Waals surface area contributed by atoms with E-state index in [0.717, 1.165) is 64.3 Å². The van der Waals surface area contributed by atoms with Crippen LogP contribution in [0.15, 0.2) is 34.9 Å². The Morgan fingerprint density at radius 1 is 1.05 bits per heavy atom. The van der Waals surface area contributed by atoms with Crippen LogP contribution in [0.25, 0.3) is 0 Å². The molecule has 1 amide bonds. The highest BCUT2D eigenvalue weighted by molar-refractivity contribution is 9.10. The van der Waals surface area contributed by atoms with Crippen LogP contribution in [0.2, 0.25) is 0 Å². The van der Waals surface area contributed by atoms with Gasteiger partial charge in [-0.25, -0.2) is 4.98 Å². The van der Waals surface area contributed by atoms with Crippen molar-refractivity contribution < 1.29 is 4.79 Å². The van der Waals surface area contributed by atoms with Crippen LogP contribution in [0.4, 0.5) is 5.82 Å². The second-order valence-corrected chi connectivity index (χ2v) is 12.5. The van der Waals surface area contributed by atoms with Crippen molar-refractivity contribution in [2.45, 2.75) is 57.5 Å². The molecule has 9 nitrogen and oxygen atoms in total. The van der Waals surface area contributed by atoms with Crippen molar-refractivity contribution in [2.24, 2.45) is 5.92 Å². The molecular weight excluding hydrogens is 568 g/mol. The van der Waals surface area contributed by atoms with Crippen molar-refractivity contribution >= 4 is 27.7 Å². The lowest BCUT2D eigenvalue weighted by Crippen LogP contribution is -2.50. The molecule has 1 atom stereocenters. The predicted octanol–water partition coefficient (Wildman–Crippen LogP) is 4.05. The minimum atomic E-state index is -0.178. The summed E-state index contributed by atoms with van der Waals surface area (Å²) in [6.07, 6.45) is 9.59. The van der Waals surface area contributed by atoms with E-state index in [9.17, 15) is 10.1 Å². The number of hydrazine groups is 1. The standard InChI is InChI=1S/C30H41BrN8O/c1-36-13-5-6-24(20-36)22-38-16-14-37(15-17-38)21-23-9-11-25(12-10-23)30(40)35-39(26-7-3-2-4-8-26)29-27(31)19-33-28(18-32)34-29/h9-12,19,24,26H,2-8,13-17,20-22H2,1H3,(H,35,40). The molecule has 1 unspecified atom stereocenters. The summed E-state index contributed by atoms with van der Waals surface area (Å²) in [5, 5.41) is 11.2. The summed E-state index contributed by atoms with van der Waals surface area (Å²) in [4.78, 5) is 29.5. The normalized spacial score (nSPS) is 21.6. The summed E-state index contributed by atoms with van der Waals surface area (Å²) in [5.41, 5.74) is 4.93. The van der Waals surface area contributed by atoms with Crippen molar-refractivity contribution in [3.05, 3.63) is 51.9 Å². The molecule has 0 spiro atoms. The molecule has 1 aromatic carbocycles. The third kappa shape index (κ3) is 7.58. The van der Waals surface area contributed by atoms with Gasteiger partial charge in [0.25, 0.3) is 5.91 Å². The van der Waals surface area contributed by atoms with Crippen molar-refractivity contribution in [1.82, 2.24) is 30.1 Å². The summed E-state index contributed by atoms with van der Waals surface area (Å²) in [7, 11) is 2.24. The van der Waals surface area contributed by atoms with E-state index in [1.807, 2.05) is 23.2 Å². The van der Waals surface area contributed by atoms with Crippen LogP contribution in [-0.2, 0) is 6.54 Å². The van der Waals surface area contributed by atoms with Gasteiger partial charge in [0.2, 0.25) is 5.82 Å². The van der Waals surface area contributed by atoms with Gasteiger partial charge in [0.05, 0.1) is 10.5 Å². The van der Waals surface area contributed by atoms with E-state index in [4.69, 9.17) is 0 Å². The number of nitrogens with one attached hydrogen (secondary N) is 1. The largest absolute Gasteiger partial charge is 0.306 e. The zero-order valence-corrected chi connectivity index (χ0v) is 25.2. The van der Waals surface area contributed by atoms with E-state index in [1.165, 1.54) is 44.5 Å². The first-order valence-corrected chi connectivity index (χ1v) is 15.5. The number of carbonyl (C=O) groups excluding carboxylic acids is 1. The molecule has 5 rings (SSSR count). The Balaban J connectivity index is 1.17. The van der Waals surface area contributed by atoms with Gasteiger partial charge in [-0.3, -0.25) is 20.1 Å². The number of carbonyl (C=O) groups is 1. The molecule has 40 heavy (non-hydrogen) atoms. The summed E-state index contributed by atoms with van der Waals surface area (Å²) in [6, 6.07) is 10.1. The number of anilines is 1. The van der Waals surface area contributed by atoms with E-state index in [1.54, 1.807) is 6.20 Å². The SMILES string of the molecule is CN1CCCC(CN2CCN(Cc3ccc(C(=O)NN(c4nc(C#N)ncc4Br)C4CCCCC4)cc3)CC2)C1. The molecule has 2 aliphatic heterocycles. The van der Waals surface area contributed by atoms with Crippen LogP contribution in [0.1, 0.15) is 66.7 Å². The number of rotatable bonds is 8. The van der Waals surface area contributed by atoms with Crippen LogP contribution in [-0.4, -0.2) is 89.5 Å². The number of nitrogens with zero attached hydrogens (tertiary/aromatic N) is 7. The first-order valence-electron chi connectivity index (χ1n) is 14.7. The fourth-order valence-electron chi connectivity index (χ4n) is 6.35. The van der Waals surface area contributed by atoms with Crippen LogP contribution >= 0.6 is 15.9 Å². The molecule has 2 saturated heterocycles. The Bertz CT molecular complexity index is 1170. The fourth-order valence-corrected chi connectivity index (χ4v) is 6.73. The van der Waals surface area contributed by atoms with Gasteiger partial charge in [-0.2, -0.15) is 10.2 Å².